The molecule has 0 aromatic heterocycles. The van der Waals surface area contributed by atoms with Crippen molar-refractivity contribution in [2.45, 2.75) is 50.4 Å². The van der Waals surface area contributed by atoms with Crippen LogP contribution in [0.5, 0.6) is 0 Å². The van der Waals surface area contributed by atoms with Gasteiger partial charge in [-0.2, -0.15) is 0 Å². The van der Waals surface area contributed by atoms with Crippen LogP contribution in [0.1, 0.15) is 38.5 Å². The molecule has 0 unspecified atom stereocenters. The zero-order chi connectivity index (χ0) is 16.7. The molecule has 5 nitrogen and oxygen atoms in total. The van der Waals surface area contributed by atoms with E-state index in [9.17, 15) is 9.90 Å². The summed E-state index contributed by atoms with van der Waals surface area (Å²) in [6, 6.07) is 0. The molecule has 3 atom stereocenters. The number of hydrogen-bond donors (Lipinski definition) is 1. The number of nitrogens with zero attached hydrogens (tertiary/aromatic N) is 1. The predicted molar refractivity (Wildman–Crippen MR) is 86.7 cm³/mol. The molecule has 1 spiro atoms. The lowest BCUT2D eigenvalue weighted by Crippen LogP contribution is -2.59. The maximum atomic E-state index is 12.8. The second-order valence-electron chi connectivity index (χ2n) is 7.86. The molecule has 0 aromatic rings. The summed E-state index contributed by atoms with van der Waals surface area (Å²) in [5.74, 6) is -0.710. The Labute approximate surface area is 141 Å². The Morgan fingerprint density at radius 1 is 1.38 bits per heavy atom. The van der Waals surface area contributed by atoms with E-state index in [0.29, 0.717) is 18.6 Å². The number of carbonyl (C=O) groups is 1. The number of methoxy groups -OCH3 is 1. The summed E-state index contributed by atoms with van der Waals surface area (Å²) in [6.45, 7) is 0.967. The Bertz CT molecular complexity index is 748. The van der Waals surface area contributed by atoms with E-state index in [1.54, 1.807) is 13.2 Å². The van der Waals surface area contributed by atoms with Gasteiger partial charge in [-0.1, -0.05) is 0 Å². The molecule has 0 aromatic carbocycles. The first-order chi connectivity index (χ1) is 11.5. The standard InChI is InChI=1S/C19H23NO4/c1-20-8-5-11-9-13(21)17-16-15(11)12(20)3-6-18(16)7-4-14(22)19(10-18,23-2)24-17/h9,14,22H,3-8,10H2,1-2H3/t14-,18+,19-/m0/s1. The van der Waals surface area contributed by atoms with E-state index in [4.69, 9.17) is 9.47 Å². The molecule has 0 saturated heterocycles. The number of allylic oxidation sites excluding steroid dienone is 4. The molecule has 128 valence electrons. The van der Waals surface area contributed by atoms with Crippen LogP contribution in [0.15, 0.2) is 34.3 Å². The van der Waals surface area contributed by atoms with Gasteiger partial charge in [-0.15, -0.1) is 0 Å². The van der Waals surface area contributed by atoms with Gasteiger partial charge in [0.1, 0.15) is 6.10 Å². The molecule has 2 bridgehead atoms. The second-order valence-corrected chi connectivity index (χ2v) is 7.86. The smallest absolute Gasteiger partial charge is 0.237 e. The van der Waals surface area contributed by atoms with Crippen LogP contribution in [0, 0.1) is 5.41 Å². The molecule has 5 rings (SSSR count). The van der Waals surface area contributed by atoms with Crippen LogP contribution in [0.25, 0.3) is 0 Å². The molecule has 0 amide bonds. The summed E-state index contributed by atoms with van der Waals surface area (Å²) in [6.07, 6.45) is 6.16. The Kier molecular flexibility index (Phi) is 2.78. The van der Waals surface area contributed by atoms with E-state index in [2.05, 4.69) is 11.9 Å². The van der Waals surface area contributed by atoms with Gasteiger partial charge in [0.25, 0.3) is 0 Å². The SMILES string of the molecule is CO[C@@]12C[C@@]3(CCC4=C5C(=CC(=O)C(=C53)O1)CCN4C)CC[C@@H]2O. The van der Waals surface area contributed by atoms with Crippen LogP contribution in [-0.2, 0) is 14.3 Å². The first-order valence-electron chi connectivity index (χ1n) is 8.87. The largest absolute Gasteiger partial charge is 0.455 e. The minimum atomic E-state index is -1.07. The molecule has 2 aliphatic heterocycles. The van der Waals surface area contributed by atoms with E-state index in [1.807, 2.05) is 0 Å². The van der Waals surface area contributed by atoms with Crippen LogP contribution in [-0.4, -0.2) is 48.4 Å². The van der Waals surface area contributed by atoms with Gasteiger partial charge in [-0.3, -0.25) is 4.79 Å². The molecule has 1 N–H and O–H groups in total. The lowest BCUT2D eigenvalue weighted by molar-refractivity contribution is -0.291. The first kappa shape index (κ1) is 14.7. The van der Waals surface area contributed by atoms with Crippen molar-refractivity contribution in [1.29, 1.82) is 0 Å². The average Bonchev–Trinajstić information content (AvgIpc) is 2.59. The molecular formula is C19H23NO4. The Hall–Kier alpha value is -1.59. The number of fused-ring (bicyclic) bond motifs is 1. The summed E-state index contributed by atoms with van der Waals surface area (Å²) in [5.41, 5.74) is 4.78. The van der Waals surface area contributed by atoms with Gasteiger partial charge in [-0.25, -0.2) is 0 Å². The number of aliphatic hydroxyl groups excluding tert-OH is 1. The second kappa shape index (κ2) is 4.52. The zero-order valence-corrected chi connectivity index (χ0v) is 14.2. The zero-order valence-electron chi connectivity index (χ0n) is 14.2. The van der Waals surface area contributed by atoms with Crippen LogP contribution in [0.3, 0.4) is 0 Å². The van der Waals surface area contributed by atoms with Gasteiger partial charge in [0, 0.05) is 49.4 Å². The molecular weight excluding hydrogens is 306 g/mol. The van der Waals surface area contributed by atoms with Crippen molar-refractivity contribution in [3.63, 3.8) is 0 Å². The number of ether oxygens (including phenoxy) is 2. The van der Waals surface area contributed by atoms with Crippen molar-refractivity contribution < 1.29 is 19.4 Å². The fourth-order valence-corrected chi connectivity index (χ4v) is 5.50. The van der Waals surface area contributed by atoms with E-state index >= 15 is 0 Å². The lowest BCUT2D eigenvalue weighted by Gasteiger charge is -2.58. The number of carbonyl (C=O) groups excluding carboxylic acids is 1. The number of hydrogen-bond acceptors (Lipinski definition) is 5. The third-order valence-electron chi connectivity index (χ3n) is 6.77. The van der Waals surface area contributed by atoms with Crippen molar-refractivity contribution in [2.75, 3.05) is 20.7 Å². The fourth-order valence-electron chi connectivity index (χ4n) is 5.50. The molecule has 0 radical (unpaired) electrons. The molecule has 24 heavy (non-hydrogen) atoms. The van der Waals surface area contributed by atoms with E-state index in [-0.39, 0.29) is 11.2 Å². The van der Waals surface area contributed by atoms with Gasteiger partial charge in [0.05, 0.1) is 0 Å². The number of aliphatic hydroxyl groups is 1. The van der Waals surface area contributed by atoms with Crippen molar-refractivity contribution in [3.8, 4) is 0 Å². The first-order valence-corrected chi connectivity index (χ1v) is 8.87. The molecule has 5 heteroatoms. The summed E-state index contributed by atoms with van der Waals surface area (Å²) in [4.78, 5) is 15.1. The maximum absolute atomic E-state index is 12.8. The highest BCUT2D eigenvalue weighted by Gasteiger charge is 2.61. The third-order valence-corrected chi connectivity index (χ3v) is 6.77. The topological polar surface area (TPSA) is 59.0 Å². The van der Waals surface area contributed by atoms with Crippen molar-refractivity contribution in [1.82, 2.24) is 4.90 Å². The number of ketones is 1. The average molecular weight is 329 g/mol. The quantitative estimate of drug-likeness (QED) is 0.798. The minimum Gasteiger partial charge on any atom is -0.455 e. The highest BCUT2D eigenvalue weighted by atomic mass is 16.7. The molecule has 1 fully saturated rings. The molecule has 2 heterocycles. The van der Waals surface area contributed by atoms with E-state index in [0.717, 1.165) is 37.8 Å². The summed E-state index contributed by atoms with van der Waals surface area (Å²) < 4.78 is 11.8. The maximum Gasteiger partial charge on any atom is 0.237 e. The van der Waals surface area contributed by atoms with Crippen LogP contribution in [0.4, 0.5) is 0 Å². The number of rotatable bonds is 1. The Morgan fingerprint density at radius 3 is 3.00 bits per heavy atom. The van der Waals surface area contributed by atoms with Crippen molar-refractivity contribution in [3.05, 3.63) is 34.3 Å². The summed E-state index contributed by atoms with van der Waals surface area (Å²) >= 11 is 0. The van der Waals surface area contributed by atoms with Gasteiger partial charge < -0.3 is 19.5 Å². The highest BCUT2D eigenvalue weighted by Crippen LogP contribution is 2.63. The van der Waals surface area contributed by atoms with Crippen LogP contribution < -0.4 is 0 Å². The molecule has 1 saturated carbocycles. The molecule has 5 aliphatic rings. The van der Waals surface area contributed by atoms with E-state index < -0.39 is 11.9 Å². The van der Waals surface area contributed by atoms with Gasteiger partial charge in [0.2, 0.25) is 11.6 Å². The van der Waals surface area contributed by atoms with Crippen LogP contribution in [0.2, 0.25) is 0 Å². The highest BCUT2D eigenvalue weighted by molar-refractivity contribution is 6.07. The van der Waals surface area contributed by atoms with Gasteiger partial charge >= 0.3 is 0 Å². The van der Waals surface area contributed by atoms with Crippen molar-refractivity contribution in [2.24, 2.45) is 5.41 Å². The van der Waals surface area contributed by atoms with Gasteiger partial charge in [0.15, 0.2) is 5.76 Å². The fraction of sp³-hybridized carbons (Fsp3) is 0.632. The Morgan fingerprint density at radius 2 is 2.21 bits per heavy atom. The van der Waals surface area contributed by atoms with Crippen molar-refractivity contribution >= 4 is 5.78 Å². The lowest BCUT2D eigenvalue weighted by atomic mass is 9.55. The van der Waals surface area contributed by atoms with E-state index in [1.165, 1.54) is 16.8 Å². The predicted octanol–water partition coefficient (Wildman–Crippen LogP) is 2.04. The third kappa shape index (κ3) is 1.60. The normalized spacial score (nSPS) is 40.3. The van der Waals surface area contributed by atoms with Gasteiger partial charge in [-0.05, 0) is 43.8 Å². The summed E-state index contributed by atoms with van der Waals surface area (Å²) in [5, 5.41) is 10.5. The minimum absolute atomic E-state index is 0.0610. The monoisotopic (exact) mass is 329 g/mol. The summed E-state index contributed by atoms with van der Waals surface area (Å²) in [7, 11) is 3.71. The van der Waals surface area contributed by atoms with Crippen LogP contribution >= 0.6 is 0 Å². The molecule has 3 aliphatic carbocycles. The Balaban J connectivity index is 1.78.